The quantitative estimate of drug-likeness (QED) is 0.312. The van der Waals surface area contributed by atoms with E-state index in [1.54, 1.807) is 27.0 Å². The molecule has 1 aromatic heterocycles. The molecular weight excluding hydrogens is 453 g/mol. The molecule has 0 saturated carbocycles. The number of nitrogens with zero attached hydrogens (tertiary/aromatic N) is 2. The molecule has 3 N–H and O–H groups in total. The van der Waals surface area contributed by atoms with E-state index in [-0.39, 0.29) is 24.9 Å². The first kappa shape index (κ1) is 27.9. The minimum Gasteiger partial charge on any atom is -0.383 e. The number of hydrogen-bond acceptors (Lipinski definition) is 9. The number of rotatable bonds is 13. The molecule has 1 fully saturated rings. The van der Waals surface area contributed by atoms with Gasteiger partial charge in [0, 0.05) is 18.9 Å². The summed E-state index contributed by atoms with van der Waals surface area (Å²) in [5.41, 5.74) is 5.76. The Labute approximate surface area is 195 Å². The van der Waals surface area contributed by atoms with Crippen molar-refractivity contribution in [1.29, 1.82) is 0 Å². The zero-order valence-electron chi connectivity index (χ0n) is 20.3. The fourth-order valence-electron chi connectivity index (χ4n) is 3.85. The Morgan fingerprint density at radius 1 is 1.27 bits per heavy atom. The third kappa shape index (κ3) is 7.58. The predicted molar refractivity (Wildman–Crippen MR) is 123 cm³/mol. The molecule has 11 nitrogen and oxygen atoms in total. The number of phosphoric ester groups is 1. The first-order valence-electron chi connectivity index (χ1n) is 11.3. The lowest BCUT2D eigenvalue weighted by Gasteiger charge is -2.28. The Hall–Kier alpha value is -1.33. The molecule has 5 unspecified atom stereocenters. The third-order valence-electron chi connectivity index (χ3n) is 5.65. The van der Waals surface area contributed by atoms with E-state index in [9.17, 15) is 14.3 Å². The van der Waals surface area contributed by atoms with Gasteiger partial charge in [0.2, 0.25) is 0 Å². The zero-order valence-corrected chi connectivity index (χ0v) is 21.2. The molecule has 0 spiro atoms. The van der Waals surface area contributed by atoms with Gasteiger partial charge in [0.25, 0.3) is 0 Å². The Morgan fingerprint density at radius 3 is 2.52 bits per heavy atom. The van der Waals surface area contributed by atoms with Crippen molar-refractivity contribution in [3.63, 3.8) is 0 Å². The number of aromatic nitrogens is 2. The summed E-state index contributed by atoms with van der Waals surface area (Å²) in [4.78, 5) is 26.9. The van der Waals surface area contributed by atoms with Crippen molar-refractivity contribution < 1.29 is 32.7 Å². The van der Waals surface area contributed by atoms with Gasteiger partial charge < -0.3 is 24.8 Å². The molecule has 12 heteroatoms. The zero-order chi connectivity index (χ0) is 24.8. The molecule has 0 radical (unpaired) electrons. The molecule has 1 aromatic rings. The predicted octanol–water partition coefficient (Wildman–Crippen LogP) is 2.80. The van der Waals surface area contributed by atoms with Crippen LogP contribution >= 0.6 is 7.82 Å². The number of nitrogen functional groups attached to an aromatic ring is 1. The van der Waals surface area contributed by atoms with Crippen molar-refractivity contribution in [3.05, 3.63) is 22.2 Å². The second-order valence-electron chi connectivity index (χ2n) is 8.50. The highest BCUT2D eigenvalue weighted by molar-refractivity contribution is 7.47. The van der Waals surface area contributed by atoms with Gasteiger partial charge in [-0.05, 0) is 33.1 Å². The standard InChI is InChI=1S/C21H38N3O8P/c1-7-15(8-2)11-16-17(32-33(26,27)31-13(3)4)18(29-10-9-28-6)20(30-16)24-12-14(5)19(22)23-21(24)25/h12-13,15-18,20H,7-11H2,1-6H3,(H,26,27)(H2,22,23,25). The maximum atomic E-state index is 12.7. The van der Waals surface area contributed by atoms with Gasteiger partial charge in [-0.1, -0.05) is 26.7 Å². The van der Waals surface area contributed by atoms with Crippen LogP contribution in [0, 0.1) is 12.8 Å². The maximum absolute atomic E-state index is 12.7. The van der Waals surface area contributed by atoms with Gasteiger partial charge in [-0.2, -0.15) is 4.98 Å². The third-order valence-corrected chi connectivity index (χ3v) is 6.85. The Balaban J connectivity index is 2.48. The number of hydrogen-bond donors (Lipinski definition) is 2. The second kappa shape index (κ2) is 12.4. The summed E-state index contributed by atoms with van der Waals surface area (Å²) >= 11 is 0. The molecule has 0 bridgehead atoms. The van der Waals surface area contributed by atoms with Gasteiger partial charge in [0.1, 0.15) is 18.0 Å². The van der Waals surface area contributed by atoms with E-state index in [0.29, 0.717) is 12.0 Å². The van der Waals surface area contributed by atoms with Gasteiger partial charge in [0.05, 0.1) is 25.4 Å². The number of aryl methyl sites for hydroxylation is 1. The molecule has 2 rings (SSSR count). The average Bonchev–Trinajstić information content (AvgIpc) is 3.04. The molecule has 1 aliphatic heterocycles. The van der Waals surface area contributed by atoms with Crippen LogP contribution in [0.25, 0.3) is 0 Å². The van der Waals surface area contributed by atoms with Gasteiger partial charge in [-0.25, -0.2) is 9.36 Å². The van der Waals surface area contributed by atoms with Crippen molar-refractivity contribution in [1.82, 2.24) is 9.55 Å². The SMILES string of the molecule is CCC(CC)CC1OC(n2cc(C)c(N)nc2=O)C(OCCOC)C1OP(=O)(O)OC(C)C. The van der Waals surface area contributed by atoms with Crippen molar-refractivity contribution in [2.75, 3.05) is 26.1 Å². The first-order valence-corrected chi connectivity index (χ1v) is 12.8. The lowest BCUT2D eigenvalue weighted by molar-refractivity contribution is -0.0805. The summed E-state index contributed by atoms with van der Waals surface area (Å²) in [5, 5.41) is 0. The Morgan fingerprint density at radius 2 is 1.94 bits per heavy atom. The number of ether oxygens (including phenoxy) is 3. The maximum Gasteiger partial charge on any atom is 0.472 e. The summed E-state index contributed by atoms with van der Waals surface area (Å²) in [6, 6.07) is 0. The van der Waals surface area contributed by atoms with Crippen molar-refractivity contribution in [2.45, 2.75) is 84.5 Å². The van der Waals surface area contributed by atoms with E-state index in [2.05, 4.69) is 18.8 Å². The van der Waals surface area contributed by atoms with E-state index in [1.165, 1.54) is 11.7 Å². The highest BCUT2D eigenvalue weighted by Crippen LogP contribution is 2.50. The first-order chi connectivity index (χ1) is 15.5. The van der Waals surface area contributed by atoms with E-state index >= 15 is 0 Å². The van der Waals surface area contributed by atoms with Crippen LogP contribution in [0.2, 0.25) is 0 Å². The van der Waals surface area contributed by atoms with Crippen LogP contribution in [0.4, 0.5) is 5.82 Å². The molecule has 5 atom stereocenters. The van der Waals surface area contributed by atoms with Gasteiger partial charge >= 0.3 is 13.5 Å². The second-order valence-corrected chi connectivity index (χ2v) is 9.86. The van der Waals surface area contributed by atoms with Crippen LogP contribution in [0.3, 0.4) is 0 Å². The molecule has 2 heterocycles. The van der Waals surface area contributed by atoms with Gasteiger partial charge in [-0.15, -0.1) is 0 Å². The van der Waals surface area contributed by atoms with Crippen LogP contribution in [0.1, 0.15) is 58.7 Å². The lowest BCUT2D eigenvalue weighted by atomic mass is 9.93. The molecule has 1 saturated heterocycles. The number of nitrogens with two attached hydrogens (primary N) is 1. The van der Waals surface area contributed by atoms with Crippen LogP contribution in [-0.4, -0.2) is 59.2 Å². The highest BCUT2D eigenvalue weighted by Gasteiger charge is 2.51. The van der Waals surface area contributed by atoms with Gasteiger partial charge in [0.15, 0.2) is 6.23 Å². The van der Waals surface area contributed by atoms with Crippen LogP contribution in [-0.2, 0) is 27.8 Å². The fraction of sp³-hybridized carbons (Fsp3) is 0.810. The largest absolute Gasteiger partial charge is 0.472 e. The summed E-state index contributed by atoms with van der Waals surface area (Å²) in [6.07, 6.45) is -0.0632. The molecular formula is C21H38N3O8P. The van der Waals surface area contributed by atoms with E-state index in [0.717, 1.165) is 12.8 Å². The summed E-state index contributed by atoms with van der Waals surface area (Å²) in [5.74, 6) is 0.407. The molecule has 0 amide bonds. The topological polar surface area (TPSA) is 144 Å². The average molecular weight is 492 g/mol. The minimum atomic E-state index is -4.43. The monoisotopic (exact) mass is 491 g/mol. The van der Waals surface area contributed by atoms with Crippen LogP contribution in [0.15, 0.2) is 11.0 Å². The minimum absolute atomic E-state index is 0.123. The molecule has 0 aliphatic carbocycles. The number of phosphoric acid groups is 1. The number of anilines is 1. The Bertz CT molecular complexity index is 860. The molecule has 33 heavy (non-hydrogen) atoms. The van der Waals surface area contributed by atoms with E-state index in [4.69, 9.17) is 29.0 Å². The summed E-state index contributed by atoms with van der Waals surface area (Å²) in [7, 11) is -2.90. The van der Waals surface area contributed by atoms with Crippen LogP contribution < -0.4 is 11.4 Å². The van der Waals surface area contributed by atoms with Gasteiger partial charge in [-0.3, -0.25) is 13.6 Å². The summed E-state index contributed by atoms with van der Waals surface area (Å²) < 4.78 is 42.1. The highest BCUT2D eigenvalue weighted by atomic mass is 31.2. The van der Waals surface area contributed by atoms with Crippen molar-refractivity contribution in [3.8, 4) is 0 Å². The molecule has 0 aromatic carbocycles. The fourth-order valence-corrected chi connectivity index (χ4v) is 5.00. The van der Waals surface area contributed by atoms with Crippen LogP contribution in [0.5, 0.6) is 0 Å². The Kier molecular flexibility index (Phi) is 10.5. The summed E-state index contributed by atoms with van der Waals surface area (Å²) in [6.45, 7) is 9.57. The number of methoxy groups -OCH3 is 1. The van der Waals surface area contributed by atoms with Crippen molar-refractivity contribution in [2.24, 2.45) is 5.92 Å². The molecule has 190 valence electrons. The van der Waals surface area contributed by atoms with E-state index in [1.807, 2.05) is 0 Å². The lowest BCUT2D eigenvalue weighted by Crippen LogP contribution is -2.40. The van der Waals surface area contributed by atoms with E-state index < -0.39 is 44.2 Å². The smallest absolute Gasteiger partial charge is 0.383 e. The van der Waals surface area contributed by atoms with Crippen molar-refractivity contribution >= 4 is 13.6 Å². The molecule has 1 aliphatic rings. The normalized spacial score (nSPS) is 25.1.